The van der Waals surface area contributed by atoms with Gasteiger partial charge < -0.3 is 86.4 Å². The summed E-state index contributed by atoms with van der Waals surface area (Å²) in [6.45, 7) is 18.5. The quantitative estimate of drug-likeness (QED) is 0.0193. The Labute approximate surface area is 609 Å². The number of nitrogens with zero attached hydrogens (tertiary/aromatic N) is 9. The standard InChI is InChI=1S/C69H97N9O18.3CO2/c1-12-13-23-30-82-67-53(73-76-70)38(3)57(50(31-79)89-67)93-65-42(7)60(84-35-48-26-19-15-20-27-48)62(45(10)87-65)96-69-55(75-78-72)40(5)59(52(33-81)91-69)94-66-43(8)61(85-36-49-28-21-16-22-29-49)63(46(11)88-66)95-68-54(74-77-71)39(4)58(51(32-80)90-68)92-64-41(6)56(37(2)44(9)86-64)83-34-47-24-17-14-18-25-47;3*2-1-3/h1,14-22,24-29,37-46,50-69,79-81H,13,23,30-36H2,2-11H3;;;/t37-,38-,39-,40-,41?,42?,43?,44?,45?,46?,50?,51?,52?,53?,54?,55?,56-,57+,58+,59+,60+,61+,62-,63-,64+,65+,66+,67-,68+,69+;;;/m1.../s1. The number of benzene rings is 3. The van der Waals surface area contributed by atoms with Gasteiger partial charge in [0.2, 0.25) is 0 Å². The second-order valence-electron chi connectivity index (χ2n) is 26.6. The smallest absolute Gasteiger partial charge is 0.373 e. The van der Waals surface area contributed by atoms with Crippen LogP contribution < -0.4 is 0 Å². The van der Waals surface area contributed by atoms with Crippen LogP contribution in [0.15, 0.2) is 106 Å². The van der Waals surface area contributed by atoms with Crippen LogP contribution in [-0.2, 0) is 120 Å². The fourth-order valence-corrected chi connectivity index (χ4v) is 14.1. The SMILES string of the molecule is C#CCCCO[C@@H]1OC(CO)[C@@H](O[C@@H]2OC(C)[C@@H](O[C@@H]3OC(CO)[C@@H](O[C@@H]4OC(C)[C@@H](O[C@@H]5OC(CO)[C@@H](O[C@@H]6OC(C)[C@@H](C)[C@@H](OCc7ccccc7)C6C)[C@H](C)C5N=[N+]=[N-])[C@@H](OCc5ccccc5)C4C)[C@H](C)C3N=[N+]=[N-])[C@@H](OCc3ccccc3)C2C)[C@H](C)C1N=[N+]=[N-].O=C=O.O=C=O.O=C=O. The predicted molar refractivity (Wildman–Crippen MR) is 362 cm³/mol. The van der Waals surface area contributed by atoms with Gasteiger partial charge in [-0.1, -0.05) is 155 Å². The number of aliphatic hydroxyl groups excluding tert-OH is 3. The van der Waals surface area contributed by atoms with Crippen molar-refractivity contribution < 1.29 is 115 Å². The highest BCUT2D eigenvalue weighted by Crippen LogP contribution is 2.44. The third-order valence-corrected chi connectivity index (χ3v) is 19.9. The Morgan fingerprint density at radius 2 is 0.676 bits per heavy atom. The number of aliphatic hydroxyl groups is 3. The summed E-state index contributed by atoms with van der Waals surface area (Å²) >= 11 is 0. The van der Waals surface area contributed by atoms with Crippen molar-refractivity contribution in [3.63, 3.8) is 0 Å². The molecule has 0 aromatic heterocycles. The summed E-state index contributed by atoms with van der Waals surface area (Å²) in [7, 11) is 0. The van der Waals surface area contributed by atoms with Gasteiger partial charge in [-0.15, -0.1) is 12.3 Å². The summed E-state index contributed by atoms with van der Waals surface area (Å²) in [4.78, 5) is 58.3. The first kappa shape index (κ1) is 86.5. The topological polar surface area (TPSA) is 448 Å². The van der Waals surface area contributed by atoms with Crippen LogP contribution in [0.1, 0.15) is 98.8 Å². The Morgan fingerprint density at radius 3 is 1.00 bits per heavy atom. The van der Waals surface area contributed by atoms with Crippen LogP contribution >= 0.6 is 0 Å². The van der Waals surface area contributed by atoms with Crippen molar-refractivity contribution >= 4 is 18.5 Å². The minimum atomic E-state index is -1.27. The van der Waals surface area contributed by atoms with Crippen LogP contribution in [0, 0.1) is 53.8 Å². The molecular formula is C72H97N9O24. The lowest BCUT2D eigenvalue weighted by Gasteiger charge is -2.52. The van der Waals surface area contributed by atoms with Crippen LogP contribution in [0.5, 0.6) is 0 Å². The van der Waals surface area contributed by atoms with Gasteiger partial charge in [-0.05, 0) is 78.2 Å². The summed E-state index contributed by atoms with van der Waals surface area (Å²) < 4.78 is 100. The Hall–Kier alpha value is -7.43. The molecule has 105 heavy (non-hydrogen) atoms. The molecule has 0 aliphatic carbocycles. The first-order chi connectivity index (χ1) is 50.7. The van der Waals surface area contributed by atoms with E-state index in [1.54, 1.807) is 13.8 Å². The molecule has 30 atom stereocenters. The number of rotatable bonds is 29. The summed E-state index contributed by atoms with van der Waals surface area (Å²) in [5.74, 6) is -0.623. The largest absolute Gasteiger partial charge is 0.394 e. The van der Waals surface area contributed by atoms with Crippen LogP contribution in [0.25, 0.3) is 31.3 Å². The summed E-state index contributed by atoms with van der Waals surface area (Å²) in [5, 5.41) is 45.6. The highest BCUT2D eigenvalue weighted by Gasteiger charge is 2.56. The van der Waals surface area contributed by atoms with Gasteiger partial charge in [0, 0.05) is 44.8 Å². The van der Waals surface area contributed by atoms with Crippen molar-refractivity contribution in [3.8, 4) is 12.3 Å². The molecule has 9 rings (SSSR count). The van der Waals surface area contributed by atoms with Crippen molar-refractivity contribution in [1.29, 1.82) is 0 Å². The fourth-order valence-electron chi connectivity index (χ4n) is 14.1. The van der Waals surface area contributed by atoms with Crippen molar-refractivity contribution in [1.82, 2.24) is 0 Å². The Bertz CT molecular complexity index is 3330. The average molecular weight is 1470 g/mol. The zero-order valence-corrected chi connectivity index (χ0v) is 60.4. The van der Waals surface area contributed by atoms with Gasteiger partial charge >= 0.3 is 18.5 Å². The molecule has 3 N–H and O–H groups in total. The summed E-state index contributed by atoms with van der Waals surface area (Å²) in [5.41, 5.74) is 32.8. The van der Waals surface area contributed by atoms with Gasteiger partial charge in [0.05, 0.1) is 119 Å². The lowest BCUT2D eigenvalue weighted by Crippen LogP contribution is -2.64. The number of ether oxygens (including phenoxy) is 15. The van der Waals surface area contributed by atoms with Crippen LogP contribution in [-0.4, -0.2) is 202 Å². The number of hydrogen-bond acceptors (Lipinski definition) is 27. The van der Waals surface area contributed by atoms with Crippen molar-refractivity contribution in [2.24, 2.45) is 56.8 Å². The van der Waals surface area contributed by atoms with E-state index in [1.807, 2.05) is 139 Å². The van der Waals surface area contributed by atoms with E-state index in [2.05, 4.69) is 42.9 Å². The molecule has 6 aliphatic rings. The molecule has 6 fully saturated rings. The van der Waals surface area contributed by atoms with Gasteiger partial charge in [-0.25, -0.2) is 0 Å². The zero-order valence-electron chi connectivity index (χ0n) is 60.4. The summed E-state index contributed by atoms with van der Waals surface area (Å²) in [6, 6.07) is 26.3. The average Bonchev–Trinajstić information content (AvgIpc) is 0.774. The van der Waals surface area contributed by atoms with E-state index in [-0.39, 0.29) is 62.3 Å². The van der Waals surface area contributed by atoms with E-state index >= 15 is 0 Å². The lowest BCUT2D eigenvalue weighted by molar-refractivity contribution is -0.370. The molecule has 574 valence electrons. The maximum atomic E-state index is 11.3. The molecule has 6 heterocycles. The molecule has 3 aromatic rings. The molecule has 6 saturated heterocycles. The number of hydrogen-bond donors (Lipinski definition) is 3. The van der Waals surface area contributed by atoms with Gasteiger partial charge in [-0.3, -0.25) is 0 Å². The van der Waals surface area contributed by atoms with E-state index in [0.29, 0.717) is 19.4 Å². The number of azide groups is 3. The lowest BCUT2D eigenvalue weighted by atomic mass is 9.85. The van der Waals surface area contributed by atoms with E-state index in [9.17, 15) is 31.9 Å². The molecule has 33 heteroatoms. The molecular weight excluding hydrogens is 1370 g/mol. The first-order valence-corrected chi connectivity index (χ1v) is 34.9. The molecule has 12 unspecified atom stereocenters. The second-order valence-corrected chi connectivity index (χ2v) is 26.6. The fraction of sp³-hybridized carbons (Fsp3) is 0.681. The van der Waals surface area contributed by atoms with Gasteiger partial charge in [0.25, 0.3) is 0 Å². The minimum Gasteiger partial charge on any atom is -0.394 e. The summed E-state index contributed by atoms with van der Waals surface area (Å²) in [6.07, 6.45) is -9.95. The molecule has 0 spiro atoms. The zero-order chi connectivity index (χ0) is 76.7. The molecule has 3 aromatic carbocycles. The van der Waals surface area contributed by atoms with E-state index in [0.717, 1.165) is 16.7 Å². The Kier molecular flexibility index (Phi) is 36.8. The molecule has 33 nitrogen and oxygen atoms in total. The molecule has 0 amide bonds. The number of terminal acetylenes is 1. The van der Waals surface area contributed by atoms with Gasteiger partial charge in [-0.2, -0.15) is 28.8 Å². The van der Waals surface area contributed by atoms with Crippen molar-refractivity contribution in [2.45, 2.75) is 243 Å². The highest BCUT2D eigenvalue weighted by atomic mass is 16.8. The number of carbonyl (C=O) groups excluding carboxylic acids is 6. The Morgan fingerprint density at radius 1 is 0.381 bits per heavy atom. The molecule has 0 bridgehead atoms. The predicted octanol–water partition coefficient (Wildman–Crippen LogP) is 8.22. The normalized spacial score (nSPS) is 37.0. The molecule has 0 saturated carbocycles. The maximum absolute atomic E-state index is 11.3. The second kappa shape index (κ2) is 44.6. The maximum Gasteiger partial charge on any atom is 0.373 e. The molecule has 0 radical (unpaired) electrons. The minimum absolute atomic E-state index is 0.0349. The van der Waals surface area contributed by atoms with E-state index in [1.165, 1.54) is 0 Å². The molecule has 6 aliphatic heterocycles. The van der Waals surface area contributed by atoms with Gasteiger partial charge in [0.15, 0.2) is 37.7 Å². The van der Waals surface area contributed by atoms with Crippen molar-refractivity contribution in [3.05, 3.63) is 139 Å². The first-order valence-electron chi connectivity index (χ1n) is 34.9. The Balaban J connectivity index is 0.00000183. The third-order valence-electron chi connectivity index (χ3n) is 19.9. The van der Waals surface area contributed by atoms with Crippen LogP contribution in [0.4, 0.5) is 0 Å². The highest BCUT2D eigenvalue weighted by molar-refractivity contribution is 5.21. The van der Waals surface area contributed by atoms with Gasteiger partial charge in [0.1, 0.15) is 30.5 Å². The number of unbranched alkanes of at least 4 members (excludes halogenated alkanes) is 1. The van der Waals surface area contributed by atoms with Crippen LogP contribution in [0.2, 0.25) is 0 Å². The van der Waals surface area contributed by atoms with E-state index in [4.69, 9.17) is 106 Å². The van der Waals surface area contributed by atoms with Crippen molar-refractivity contribution in [2.75, 3.05) is 26.4 Å². The van der Waals surface area contributed by atoms with Crippen LogP contribution in [0.3, 0.4) is 0 Å². The van der Waals surface area contributed by atoms with E-state index < -0.39 is 179 Å². The third kappa shape index (κ3) is 23.3. The monoisotopic (exact) mass is 1470 g/mol.